The summed E-state index contributed by atoms with van der Waals surface area (Å²) in [5.41, 5.74) is 3.01. The summed E-state index contributed by atoms with van der Waals surface area (Å²) in [5, 5.41) is 3.51. The molecule has 0 unspecified atom stereocenters. The Hall–Kier alpha value is -2.15. The number of hydrazone groups is 1. The van der Waals surface area contributed by atoms with Crippen molar-refractivity contribution in [2.75, 3.05) is 0 Å². The van der Waals surface area contributed by atoms with Crippen LogP contribution in [0, 0.1) is 6.92 Å². The van der Waals surface area contributed by atoms with Gasteiger partial charge in [-0.1, -0.05) is 0 Å². The summed E-state index contributed by atoms with van der Waals surface area (Å²) in [6.45, 7) is 3.36. The number of hydrazine groups is 1. The number of rotatable bonds is 2. The third-order valence-corrected chi connectivity index (χ3v) is 2.20. The van der Waals surface area contributed by atoms with Gasteiger partial charge in [0.1, 0.15) is 5.56 Å². The summed E-state index contributed by atoms with van der Waals surface area (Å²) < 4.78 is 0. The van der Waals surface area contributed by atoms with Crippen LogP contribution in [0.5, 0.6) is 0 Å². The molecule has 0 aliphatic heterocycles. The van der Waals surface area contributed by atoms with Crippen molar-refractivity contribution in [3.63, 3.8) is 0 Å². The molecule has 16 heavy (non-hydrogen) atoms. The molecule has 1 aromatic heterocycles. The fourth-order valence-electron chi connectivity index (χ4n) is 1.31. The second-order valence-electron chi connectivity index (χ2n) is 3.24. The number of carbonyl (C=O) groups is 1. The molecule has 1 amide bonds. The number of nitrogens with zero attached hydrogens (tertiary/aromatic N) is 1. The Morgan fingerprint density at radius 1 is 1.50 bits per heavy atom. The number of H-pyrrole nitrogens is 1. The van der Waals surface area contributed by atoms with Crippen LogP contribution < -0.4 is 22.7 Å². The van der Waals surface area contributed by atoms with Crippen molar-refractivity contribution < 1.29 is 4.79 Å². The molecule has 0 radical (unpaired) electrons. The topological polar surface area (TPSA) is 126 Å². The van der Waals surface area contributed by atoms with E-state index in [0.717, 1.165) is 0 Å². The molecule has 0 saturated carbocycles. The molecule has 0 aliphatic rings. The first kappa shape index (κ1) is 11.9. The first-order chi connectivity index (χ1) is 7.51. The second kappa shape index (κ2) is 4.58. The highest BCUT2D eigenvalue weighted by Crippen LogP contribution is 2.06. The number of nitrogens with one attached hydrogen (secondary N) is 2. The smallest absolute Gasteiger partial charge is 0.270 e. The van der Waals surface area contributed by atoms with E-state index in [2.05, 4.69) is 10.1 Å². The van der Waals surface area contributed by atoms with Gasteiger partial charge >= 0.3 is 0 Å². The van der Waals surface area contributed by atoms with Gasteiger partial charge in [-0.2, -0.15) is 5.10 Å². The molecule has 7 heteroatoms. The summed E-state index contributed by atoms with van der Waals surface area (Å²) >= 11 is 0. The molecule has 86 valence electrons. The van der Waals surface area contributed by atoms with Crippen molar-refractivity contribution in [3.8, 4) is 0 Å². The summed E-state index contributed by atoms with van der Waals surface area (Å²) in [5.74, 6) is 9.44. The zero-order chi connectivity index (χ0) is 12.3. The lowest BCUT2D eigenvalue weighted by Crippen LogP contribution is -2.35. The molecule has 1 heterocycles. The molecule has 0 spiro atoms. The molecule has 7 nitrogen and oxygen atoms in total. The van der Waals surface area contributed by atoms with E-state index in [0.29, 0.717) is 17.0 Å². The average molecular weight is 223 g/mol. The van der Waals surface area contributed by atoms with Gasteiger partial charge in [-0.05, 0) is 19.9 Å². The SMILES string of the molecule is CC(=NN)c1cc(C(=O)NN)c(=O)[nH]c1C. The van der Waals surface area contributed by atoms with Gasteiger partial charge < -0.3 is 10.8 Å². The molecule has 0 atom stereocenters. The maximum Gasteiger partial charge on any atom is 0.270 e. The molecular formula is C9H13N5O2. The third-order valence-electron chi connectivity index (χ3n) is 2.20. The van der Waals surface area contributed by atoms with Crippen LogP contribution in [0.2, 0.25) is 0 Å². The maximum atomic E-state index is 11.5. The van der Waals surface area contributed by atoms with Crippen molar-refractivity contribution in [2.24, 2.45) is 16.8 Å². The molecule has 0 saturated heterocycles. The molecule has 1 rings (SSSR count). The number of aromatic amines is 1. The lowest BCUT2D eigenvalue weighted by Gasteiger charge is -2.06. The molecule has 0 bridgehead atoms. The Bertz CT molecular complexity index is 503. The van der Waals surface area contributed by atoms with Crippen LogP contribution in [0.1, 0.15) is 28.5 Å². The predicted molar refractivity (Wildman–Crippen MR) is 59.9 cm³/mol. The van der Waals surface area contributed by atoms with E-state index >= 15 is 0 Å². The van der Waals surface area contributed by atoms with Crippen LogP contribution in [0.15, 0.2) is 16.0 Å². The van der Waals surface area contributed by atoms with Crippen LogP contribution in [0.25, 0.3) is 0 Å². The minimum Gasteiger partial charge on any atom is -0.325 e. The Balaban J connectivity index is 3.44. The quantitative estimate of drug-likeness (QED) is 0.221. The summed E-state index contributed by atoms with van der Waals surface area (Å²) in [4.78, 5) is 25.3. The number of aryl methyl sites for hydroxylation is 1. The van der Waals surface area contributed by atoms with Gasteiger partial charge in [-0.15, -0.1) is 0 Å². The maximum absolute atomic E-state index is 11.5. The van der Waals surface area contributed by atoms with Gasteiger partial charge in [-0.25, -0.2) is 5.84 Å². The lowest BCUT2D eigenvalue weighted by molar-refractivity contribution is 0.0952. The Labute approximate surface area is 91.5 Å². The Morgan fingerprint density at radius 2 is 2.12 bits per heavy atom. The number of aromatic nitrogens is 1. The standard InChI is InChI=1S/C9H13N5O2/c1-4-6(5(2)13-10)3-7(8(15)12-4)9(16)14-11/h3H,10-11H2,1-2H3,(H,12,15)(H,14,16). The van der Waals surface area contributed by atoms with E-state index in [1.807, 2.05) is 5.43 Å². The largest absolute Gasteiger partial charge is 0.325 e. The Kier molecular flexibility index (Phi) is 3.41. The van der Waals surface area contributed by atoms with Crippen molar-refractivity contribution in [1.29, 1.82) is 0 Å². The first-order valence-corrected chi connectivity index (χ1v) is 4.51. The summed E-state index contributed by atoms with van der Waals surface area (Å²) in [6, 6.07) is 1.40. The van der Waals surface area contributed by atoms with Gasteiger partial charge in [-0.3, -0.25) is 15.0 Å². The van der Waals surface area contributed by atoms with Gasteiger partial charge in [0.2, 0.25) is 0 Å². The van der Waals surface area contributed by atoms with E-state index < -0.39 is 11.5 Å². The molecule has 0 aromatic carbocycles. The zero-order valence-electron chi connectivity index (χ0n) is 9.00. The van der Waals surface area contributed by atoms with Crippen LogP contribution in [-0.2, 0) is 0 Å². The number of hydrogen-bond acceptors (Lipinski definition) is 5. The predicted octanol–water partition coefficient (Wildman–Crippen LogP) is -1.03. The van der Waals surface area contributed by atoms with Gasteiger partial charge in [0.05, 0.1) is 5.71 Å². The number of pyridine rings is 1. The van der Waals surface area contributed by atoms with Crippen LogP contribution in [0.3, 0.4) is 0 Å². The number of carbonyl (C=O) groups excluding carboxylic acids is 1. The lowest BCUT2D eigenvalue weighted by atomic mass is 10.1. The second-order valence-corrected chi connectivity index (χ2v) is 3.24. The van der Waals surface area contributed by atoms with Crippen LogP contribution >= 0.6 is 0 Å². The van der Waals surface area contributed by atoms with E-state index in [-0.39, 0.29) is 5.56 Å². The zero-order valence-corrected chi connectivity index (χ0v) is 9.00. The molecule has 0 aliphatic carbocycles. The van der Waals surface area contributed by atoms with Crippen LogP contribution in [0.4, 0.5) is 0 Å². The fraction of sp³-hybridized carbons (Fsp3) is 0.222. The van der Waals surface area contributed by atoms with Gasteiger partial charge in [0.15, 0.2) is 0 Å². The minimum absolute atomic E-state index is 0.0777. The highest BCUT2D eigenvalue weighted by atomic mass is 16.2. The Morgan fingerprint density at radius 3 is 2.62 bits per heavy atom. The van der Waals surface area contributed by atoms with Crippen molar-refractivity contribution in [1.82, 2.24) is 10.4 Å². The highest BCUT2D eigenvalue weighted by molar-refractivity contribution is 6.02. The summed E-state index contributed by atoms with van der Waals surface area (Å²) in [6.07, 6.45) is 0. The first-order valence-electron chi connectivity index (χ1n) is 4.51. The van der Waals surface area contributed by atoms with E-state index in [1.165, 1.54) is 6.07 Å². The number of nitrogens with two attached hydrogens (primary N) is 2. The van der Waals surface area contributed by atoms with Gasteiger partial charge in [0, 0.05) is 11.3 Å². The highest BCUT2D eigenvalue weighted by Gasteiger charge is 2.13. The van der Waals surface area contributed by atoms with Crippen LogP contribution in [-0.4, -0.2) is 16.6 Å². The van der Waals surface area contributed by atoms with E-state index in [4.69, 9.17) is 11.7 Å². The average Bonchev–Trinajstić information content (AvgIpc) is 2.27. The normalized spacial score (nSPS) is 11.3. The number of nitrogen functional groups attached to an aromatic ring is 1. The molecular weight excluding hydrogens is 210 g/mol. The van der Waals surface area contributed by atoms with E-state index in [9.17, 15) is 9.59 Å². The minimum atomic E-state index is -0.660. The molecule has 6 N–H and O–H groups in total. The number of hydrogen-bond donors (Lipinski definition) is 4. The van der Waals surface area contributed by atoms with Crippen molar-refractivity contribution >= 4 is 11.6 Å². The van der Waals surface area contributed by atoms with Crippen molar-refractivity contribution in [2.45, 2.75) is 13.8 Å². The third kappa shape index (κ3) is 2.09. The van der Waals surface area contributed by atoms with Gasteiger partial charge in [0.25, 0.3) is 11.5 Å². The fourth-order valence-corrected chi connectivity index (χ4v) is 1.31. The molecule has 0 fully saturated rings. The monoisotopic (exact) mass is 223 g/mol. The van der Waals surface area contributed by atoms with Crippen molar-refractivity contribution in [3.05, 3.63) is 33.2 Å². The molecule has 1 aromatic rings. The number of amides is 1. The summed E-state index contributed by atoms with van der Waals surface area (Å²) in [7, 11) is 0. The van der Waals surface area contributed by atoms with E-state index in [1.54, 1.807) is 13.8 Å².